The number of carbonyl (C=O) groups is 2. The fourth-order valence-electron chi connectivity index (χ4n) is 4.11. The quantitative estimate of drug-likeness (QED) is 0.402. The van der Waals surface area contributed by atoms with E-state index in [1.54, 1.807) is 24.4 Å². The van der Waals surface area contributed by atoms with Gasteiger partial charge >= 0.3 is 0 Å². The average molecular weight is 459 g/mol. The van der Waals surface area contributed by atoms with Gasteiger partial charge < -0.3 is 24.2 Å². The van der Waals surface area contributed by atoms with Crippen LogP contribution in [-0.2, 0) is 14.3 Å². The van der Waals surface area contributed by atoms with E-state index in [1.807, 2.05) is 0 Å². The topological polar surface area (TPSA) is 98.2 Å². The molecule has 0 saturated carbocycles. The van der Waals surface area contributed by atoms with Crippen molar-refractivity contribution in [2.45, 2.75) is 25.0 Å². The van der Waals surface area contributed by atoms with E-state index >= 15 is 0 Å². The number of aromatic nitrogens is 1. The van der Waals surface area contributed by atoms with E-state index in [-0.39, 0.29) is 34.6 Å². The lowest BCUT2D eigenvalue weighted by molar-refractivity contribution is -0.140. The van der Waals surface area contributed by atoms with E-state index in [0.29, 0.717) is 18.1 Å². The number of aliphatic hydroxyl groups is 1. The zero-order valence-electron chi connectivity index (χ0n) is 17.7. The number of ketones is 1. The summed E-state index contributed by atoms with van der Waals surface area (Å²) < 4.78 is 16.3. The molecule has 0 radical (unpaired) electrons. The maximum absolute atomic E-state index is 13.1. The van der Waals surface area contributed by atoms with E-state index in [0.717, 1.165) is 12.8 Å². The van der Waals surface area contributed by atoms with Crippen molar-refractivity contribution >= 4 is 29.1 Å². The molecule has 0 aliphatic carbocycles. The van der Waals surface area contributed by atoms with Crippen LogP contribution in [0.2, 0.25) is 5.02 Å². The summed E-state index contributed by atoms with van der Waals surface area (Å²) in [4.78, 5) is 31.9. The number of pyridine rings is 1. The maximum Gasteiger partial charge on any atom is 0.295 e. The Kier molecular flexibility index (Phi) is 6.34. The van der Waals surface area contributed by atoms with Gasteiger partial charge in [-0.2, -0.15) is 0 Å². The number of benzene rings is 1. The molecular formula is C23H23ClN2O6. The normalized spacial score (nSPS) is 22.4. The number of aliphatic hydroxyl groups excluding tert-OH is 1. The van der Waals surface area contributed by atoms with Crippen LogP contribution in [0.3, 0.4) is 0 Å². The zero-order valence-corrected chi connectivity index (χ0v) is 18.5. The van der Waals surface area contributed by atoms with Crippen molar-refractivity contribution in [2.24, 2.45) is 0 Å². The van der Waals surface area contributed by atoms with Crippen LogP contribution in [0.1, 0.15) is 30.1 Å². The summed E-state index contributed by atoms with van der Waals surface area (Å²) in [6, 6.07) is 7.30. The molecule has 0 spiro atoms. The number of methoxy groups -OCH3 is 2. The number of halogens is 1. The van der Waals surface area contributed by atoms with Crippen LogP contribution in [0.5, 0.6) is 11.5 Å². The number of ether oxygens (including phenoxy) is 3. The Morgan fingerprint density at radius 1 is 1.25 bits per heavy atom. The predicted octanol–water partition coefficient (Wildman–Crippen LogP) is 3.35. The zero-order chi connectivity index (χ0) is 22.8. The first kappa shape index (κ1) is 22.1. The van der Waals surface area contributed by atoms with Gasteiger partial charge in [0, 0.05) is 25.4 Å². The molecule has 2 atom stereocenters. The monoisotopic (exact) mass is 458 g/mol. The third-order valence-electron chi connectivity index (χ3n) is 5.66. The number of hydrogen-bond acceptors (Lipinski definition) is 7. The molecule has 2 aliphatic heterocycles. The Balaban J connectivity index is 1.87. The molecule has 1 aromatic carbocycles. The standard InChI is InChI=1S/C23H23ClN2O6/c1-30-17-11-18(31-2)15(24)10-14(17)21(27)19-20(16-7-3-4-8-25-16)26(23(29)22(19)28)12-13-6-5-9-32-13/h3-4,7-8,10-11,13,20,27H,5-6,9,12H2,1-2H3/b21-19+. The van der Waals surface area contributed by atoms with Gasteiger partial charge in [-0.05, 0) is 31.0 Å². The highest BCUT2D eigenvalue weighted by Gasteiger charge is 2.48. The van der Waals surface area contributed by atoms with E-state index in [2.05, 4.69) is 4.98 Å². The van der Waals surface area contributed by atoms with Crippen LogP contribution in [0.15, 0.2) is 42.1 Å². The molecule has 0 bridgehead atoms. The fraction of sp³-hybridized carbons (Fsp3) is 0.348. The highest BCUT2D eigenvalue weighted by atomic mass is 35.5. The van der Waals surface area contributed by atoms with Crippen molar-refractivity contribution in [3.8, 4) is 11.5 Å². The summed E-state index contributed by atoms with van der Waals surface area (Å²) in [5.41, 5.74) is 0.561. The molecule has 2 fully saturated rings. The summed E-state index contributed by atoms with van der Waals surface area (Å²) in [6.45, 7) is 0.841. The number of rotatable bonds is 6. The minimum absolute atomic E-state index is 0.0776. The van der Waals surface area contributed by atoms with Crippen LogP contribution < -0.4 is 9.47 Å². The molecule has 1 N–H and O–H groups in total. The molecule has 4 rings (SSSR count). The van der Waals surface area contributed by atoms with Crippen molar-refractivity contribution in [1.82, 2.24) is 9.88 Å². The van der Waals surface area contributed by atoms with Gasteiger partial charge in [0.2, 0.25) is 0 Å². The van der Waals surface area contributed by atoms with Gasteiger partial charge in [-0.25, -0.2) is 0 Å². The van der Waals surface area contributed by atoms with Crippen LogP contribution >= 0.6 is 11.6 Å². The van der Waals surface area contributed by atoms with Crippen molar-refractivity contribution in [2.75, 3.05) is 27.4 Å². The molecule has 1 amide bonds. The fourth-order valence-corrected chi connectivity index (χ4v) is 4.35. The highest BCUT2D eigenvalue weighted by molar-refractivity contribution is 6.46. The first-order valence-corrected chi connectivity index (χ1v) is 10.6. The SMILES string of the molecule is COc1cc(OC)c(/C(O)=C2\C(=O)C(=O)N(CC3CCCO3)C2c2ccccn2)cc1Cl. The van der Waals surface area contributed by atoms with Crippen molar-refractivity contribution < 1.29 is 28.9 Å². The molecule has 32 heavy (non-hydrogen) atoms. The molecule has 168 valence electrons. The van der Waals surface area contributed by atoms with Gasteiger partial charge in [0.05, 0.1) is 42.2 Å². The molecule has 1 aromatic heterocycles. The van der Waals surface area contributed by atoms with Crippen LogP contribution in [0.4, 0.5) is 0 Å². The molecule has 2 unspecified atom stereocenters. The number of Topliss-reactive ketones (excluding diaryl/α,β-unsaturated/α-hetero) is 1. The third kappa shape index (κ3) is 3.91. The minimum Gasteiger partial charge on any atom is -0.507 e. The van der Waals surface area contributed by atoms with Crippen LogP contribution in [-0.4, -0.2) is 60.2 Å². The Morgan fingerprint density at radius 3 is 2.66 bits per heavy atom. The lowest BCUT2D eigenvalue weighted by Gasteiger charge is -2.26. The van der Waals surface area contributed by atoms with Gasteiger partial charge in [0.25, 0.3) is 11.7 Å². The smallest absolute Gasteiger partial charge is 0.295 e. The van der Waals surface area contributed by atoms with E-state index < -0.39 is 23.5 Å². The molecule has 2 aliphatic rings. The summed E-state index contributed by atoms with van der Waals surface area (Å²) in [5.74, 6) is -1.31. The van der Waals surface area contributed by atoms with Gasteiger partial charge in [0.15, 0.2) is 0 Å². The Labute approximate surface area is 190 Å². The minimum atomic E-state index is -0.869. The highest BCUT2D eigenvalue weighted by Crippen LogP contribution is 2.42. The van der Waals surface area contributed by atoms with E-state index in [4.69, 9.17) is 25.8 Å². The Hall–Kier alpha value is -3.10. The molecule has 2 saturated heterocycles. The largest absolute Gasteiger partial charge is 0.507 e. The molecule has 8 nitrogen and oxygen atoms in total. The number of amides is 1. The molecule has 3 heterocycles. The summed E-state index contributed by atoms with van der Waals surface area (Å²) in [5, 5.41) is 11.5. The predicted molar refractivity (Wildman–Crippen MR) is 117 cm³/mol. The number of likely N-dealkylation sites (tertiary alicyclic amines) is 1. The Morgan fingerprint density at radius 2 is 2.03 bits per heavy atom. The van der Waals surface area contributed by atoms with Crippen LogP contribution in [0, 0.1) is 0 Å². The molecule has 9 heteroatoms. The lowest BCUT2D eigenvalue weighted by atomic mass is 9.97. The number of carbonyl (C=O) groups excluding carboxylic acids is 2. The molecule has 2 aromatic rings. The van der Waals surface area contributed by atoms with Gasteiger partial charge in [0.1, 0.15) is 23.3 Å². The van der Waals surface area contributed by atoms with Gasteiger partial charge in [-0.1, -0.05) is 17.7 Å². The average Bonchev–Trinajstić information content (AvgIpc) is 3.41. The van der Waals surface area contributed by atoms with E-state index in [9.17, 15) is 14.7 Å². The second-order valence-electron chi connectivity index (χ2n) is 7.53. The number of nitrogens with zero attached hydrogens (tertiary/aromatic N) is 2. The van der Waals surface area contributed by atoms with Crippen molar-refractivity contribution in [3.63, 3.8) is 0 Å². The molecular weight excluding hydrogens is 436 g/mol. The summed E-state index contributed by atoms with van der Waals surface area (Å²) in [7, 11) is 2.88. The number of hydrogen-bond donors (Lipinski definition) is 1. The first-order valence-electron chi connectivity index (χ1n) is 10.2. The first-order chi connectivity index (χ1) is 15.5. The third-order valence-corrected chi connectivity index (χ3v) is 5.96. The summed E-state index contributed by atoms with van der Waals surface area (Å²) >= 11 is 6.26. The van der Waals surface area contributed by atoms with Gasteiger partial charge in [-0.15, -0.1) is 0 Å². The van der Waals surface area contributed by atoms with Crippen molar-refractivity contribution in [3.05, 3.63) is 58.4 Å². The lowest BCUT2D eigenvalue weighted by Crippen LogP contribution is -2.36. The maximum atomic E-state index is 13.1. The summed E-state index contributed by atoms with van der Waals surface area (Å²) in [6.07, 6.45) is 3.08. The second kappa shape index (κ2) is 9.18. The second-order valence-corrected chi connectivity index (χ2v) is 7.94. The van der Waals surface area contributed by atoms with E-state index in [1.165, 1.54) is 31.3 Å². The Bertz CT molecular complexity index is 1070. The van der Waals surface area contributed by atoms with Crippen LogP contribution in [0.25, 0.3) is 5.76 Å². The van der Waals surface area contributed by atoms with Gasteiger partial charge in [-0.3, -0.25) is 14.6 Å². The van der Waals surface area contributed by atoms with Crippen molar-refractivity contribution in [1.29, 1.82) is 0 Å².